The van der Waals surface area contributed by atoms with Crippen LogP contribution in [-0.4, -0.2) is 50.0 Å². The van der Waals surface area contributed by atoms with Crippen LogP contribution in [0.25, 0.3) is 0 Å². The van der Waals surface area contributed by atoms with Gasteiger partial charge in [0.05, 0.1) is 18.8 Å². The summed E-state index contributed by atoms with van der Waals surface area (Å²) in [7, 11) is 0. The predicted molar refractivity (Wildman–Crippen MR) is 52.9 cm³/mol. The second-order valence-electron chi connectivity index (χ2n) is 3.71. The van der Waals surface area contributed by atoms with Crippen LogP contribution in [0.1, 0.15) is 20.8 Å². The Morgan fingerprint density at radius 3 is 2.46 bits per heavy atom. The first kappa shape index (κ1) is 11.0. The van der Waals surface area contributed by atoms with Crippen molar-refractivity contribution in [2.24, 2.45) is 0 Å². The van der Waals surface area contributed by atoms with Gasteiger partial charge in [0, 0.05) is 26.2 Å². The summed E-state index contributed by atoms with van der Waals surface area (Å²) in [6.45, 7) is 11.1. The first-order chi connectivity index (χ1) is 6.22. The Hall–Kier alpha value is -0.120. The van der Waals surface area contributed by atoms with Crippen LogP contribution in [-0.2, 0) is 9.47 Å². The molecule has 0 aromatic heterocycles. The minimum Gasteiger partial charge on any atom is -0.380 e. The van der Waals surface area contributed by atoms with Gasteiger partial charge in [0.25, 0.3) is 0 Å². The molecule has 0 aliphatic carbocycles. The van der Waals surface area contributed by atoms with E-state index in [0.717, 1.165) is 32.8 Å². The van der Waals surface area contributed by atoms with E-state index >= 15 is 0 Å². The first-order valence-corrected chi connectivity index (χ1v) is 5.18. The zero-order valence-electron chi connectivity index (χ0n) is 8.95. The SMILES string of the molecule is CCOCCN1CC(C)OC(C)C1. The third-order valence-corrected chi connectivity index (χ3v) is 2.25. The van der Waals surface area contributed by atoms with Crippen molar-refractivity contribution in [2.45, 2.75) is 33.0 Å². The van der Waals surface area contributed by atoms with Gasteiger partial charge in [-0.1, -0.05) is 0 Å². The molecule has 3 nitrogen and oxygen atoms in total. The highest BCUT2D eigenvalue weighted by Crippen LogP contribution is 2.09. The lowest BCUT2D eigenvalue weighted by atomic mass is 10.2. The van der Waals surface area contributed by atoms with E-state index < -0.39 is 0 Å². The molecule has 0 bridgehead atoms. The first-order valence-electron chi connectivity index (χ1n) is 5.18. The monoisotopic (exact) mass is 187 g/mol. The molecule has 0 N–H and O–H groups in total. The smallest absolute Gasteiger partial charge is 0.0678 e. The van der Waals surface area contributed by atoms with E-state index in [2.05, 4.69) is 18.7 Å². The van der Waals surface area contributed by atoms with Crippen molar-refractivity contribution in [3.05, 3.63) is 0 Å². The van der Waals surface area contributed by atoms with Crippen molar-refractivity contribution < 1.29 is 9.47 Å². The van der Waals surface area contributed by atoms with Crippen molar-refractivity contribution in [1.29, 1.82) is 0 Å². The molecule has 1 saturated heterocycles. The molecule has 1 rings (SSSR count). The molecule has 0 aromatic rings. The van der Waals surface area contributed by atoms with Crippen LogP contribution in [0, 0.1) is 0 Å². The maximum absolute atomic E-state index is 5.64. The van der Waals surface area contributed by atoms with Crippen LogP contribution in [0.15, 0.2) is 0 Å². The Labute approximate surface area is 81.0 Å². The highest BCUT2D eigenvalue weighted by Gasteiger charge is 2.21. The topological polar surface area (TPSA) is 21.7 Å². The summed E-state index contributed by atoms with van der Waals surface area (Å²) in [5.41, 5.74) is 0. The Bertz CT molecular complexity index is 131. The minimum atomic E-state index is 0.366. The van der Waals surface area contributed by atoms with Gasteiger partial charge in [-0.25, -0.2) is 0 Å². The molecule has 0 spiro atoms. The summed E-state index contributed by atoms with van der Waals surface area (Å²) < 4.78 is 11.0. The molecule has 0 radical (unpaired) electrons. The Morgan fingerprint density at radius 2 is 1.92 bits per heavy atom. The molecule has 2 unspecified atom stereocenters. The van der Waals surface area contributed by atoms with Crippen LogP contribution in [0.5, 0.6) is 0 Å². The molecule has 78 valence electrons. The average Bonchev–Trinajstić information content (AvgIpc) is 2.03. The van der Waals surface area contributed by atoms with Gasteiger partial charge < -0.3 is 9.47 Å². The van der Waals surface area contributed by atoms with Crippen LogP contribution in [0.4, 0.5) is 0 Å². The zero-order valence-corrected chi connectivity index (χ0v) is 8.95. The minimum absolute atomic E-state index is 0.366. The number of morpholine rings is 1. The Kier molecular flexibility index (Phi) is 4.70. The number of ether oxygens (including phenoxy) is 2. The summed E-state index contributed by atoms with van der Waals surface area (Å²) in [5, 5.41) is 0. The summed E-state index contributed by atoms with van der Waals surface area (Å²) in [5.74, 6) is 0. The summed E-state index contributed by atoms with van der Waals surface area (Å²) in [4.78, 5) is 2.41. The summed E-state index contributed by atoms with van der Waals surface area (Å²) in [6.07, 6.45) is 0.732. The van der Waals surface area contributed by atoms with Crippen LogP contribution in [0.2, 0.25) is 0 Å². The Morgan fingerprint density at radius 1 is 1.31 bits per heavy atom. The zero-order chi connectivity index (χ0) is 9.68. The molecule has 1 aliphatic rings. The Balaban J connectivity index is 2.17. The molecular weight excluding hydrogens is 166 g/mol. The molecule has 13 heavy (non-hydrogen) atoms. The molecule has 1 heterocycles. The third-order valence-electron chi connectivity index (χ3n) is 2.25. The van der Waals surface area contributed by atoms with Gasteiger partial charge in [-0.15, -0.1) is 0 Å². The molecule has 0 saturated carbocycles. The second-order valence-corrected chi connectivity index (χ2v) is 3.71. The number of hydrogen-bond donors (Lipinski definition) is 0. The van der Waals surface area contributed by atoms with E-state index in [0.29, 0.717) is 12.2 Å². The van der Waals surface area contributed by atoms with Crippen molar-refractivity contribution in [3.8, 4) is 0 Å². The van der Waals surface area contributed by atoms with Crippen molar-refractivity contribution in [3.63, 3.8) is 0 Å². The quantitative estimate of drug-likeness (QED) is 0.616. The fraction of sp³-hybridized carbons (Fsp3) is 1.00. The highest BCUT2D eigenvalue weighted by atomic mass is 16.5. The van der Waals surface area contributed by atoms with E-state index in [-0.39, 0.29) is 0 Å². The lowest BCUT2D eigenvalue weighted by Crippen LogP contribution is -2.46. The van der Waals surface area contributed by atoms with E-state index in [1.54, 1.807) is 0 Å². The maximum Gasteiger partial charge on any atom is 0.0678 e. The van der Waals surface area contributed by atoms with Crippen LogP contribution in [0.3, 0.4) is 0 Å². The third kappa shape index (κ3) is 4.07. The predicted octanol–water partition coefficient (Wildman–Crippen LogP) is 1.13. The number of rotatable bonds is 4. The van der Waals surface area contributed by atoms with E-state index in [9.17, 15) is 0 Å². The fourth-order valence-corrected chi connectivity index (χ4v) is 1.80. The second kappa shape index (κ2) is 5.58. The van der Waals surface area contributed by atoms with Crippen LogP contribution >= 0.6 is 0 Å². The number of hydrogen-bond acceptors (Lipinski definition) is 3. The molecule has 1 aliphatic heterocycles. The largest absolute Gasteiger partial charge is 0.380 e. The van der Waals surface area contributed by atoms with Gasteiger partial charge in [0.1, 0.15) is 0 Å². The summed E-state index contributed by atoms with van der Waals surface area (Å²) >= 11 is 0. The fourth-order valence-electron chi connectivity index (χ4n) is 1.80. The normalized spacial score (nSPS) is 30.7. The van der Waals surface area contributed by atoms with Gasteiger partial charge in [0.15, 0.2) is 0 Å². The van der Waals surface area contributed by atoms with Gasteiger partial charge in [-0.2, -0.15) is 0 Å². The molecule has 0 amide bonds. The molecule has 1 fully saturated rings. The standard InChI is InChI=1S/C10H21NO2/c1-4-12-6-5-11-7-9(2)13-10(3)8-11/h9-10H,4-8H2,1-3H3. The van der Waals surface area contributed by atoms with Crippen molar-refractivity contribution in [1.82, 2.24) is 4.90 Å². The van der Waals surface area contributed by atoms with Crippen LogP contribution < -0.4 is 0 Å². The molecule has 3 heteroatoms. The van der Waals surface area contributed by atoms with Gasteiger partial charge in [0.2, 0.25) is 0 Å². The van der Waals surface area contributed by atoms with Crippen molar-refractivity contribution >= 4 is 0 Å². The number of nitrogens with zero attached hydrogens (tertiary/aromatic N) is 1. The summed E-state index contributed by atoms with van der Waals surface area (Å²) in [6, 6.07) is 0. The molecule has 2 atom stereocenters. The van der Waals surface area contributed by atoms with Gasteiger partial charge >= 0.3 is 0 Å². The molecular formula is C10H21NO2. The maximum atomic E-state index is 5.64. The van der Waals surface area contributed by atoms with E-state index in [1.165, 1.54) is 0 Å². The van der Waals surface area contributed by atoms with Crippen molar-refractivity contribution in [2.75, 3.05) is 32.8 Å². The van der Waals surface area contributed by atoms with E-state index in [1.807, 2.05) is 6.92 Å². The van der Waals surface area contributed by atoms with Gasteiger partial charge in [-0.3, -0.25) is 4.90 Å². The molecule has 0 aromatic carbocycles. The lowest BCUT2D eigenvalue weighted by molar-refractivity contribution is -0.0727. The van der Waals surface area contributed by atoms with Gasteiger partial charge in [-0.05, 0) is 20.8 Å². The highest BCUT2D eigenvalue weighted by molar-refractivity contribution is 4.72. The average molecular weight is 187 g/mol. The lowest BCUT2D eigenvalue weighted by Gasteiger charge is -2.35. The van der Waals surface area contributed by atoms with E-state index in [4.69, 9.17) is 9.47 Å².